The summed E-state index contributed by atoms with van der Waals surface area (Å²) in [6, 6.07) is 0. The summed E-state index contributed by atoms with van der Waals surface area (Å²) in [4.78, 5) is 22.2. The van der Waals surface area contributed by atoms with Crippen LogP contribution in [0, 0.1) is 0 Å². The fourth-order valence-corrected chi connectivity index (χ4v) is 3.06. The highest BCUT2D eigenvalue weighted by Gasteiger charge is 2.04. The Labute approximate surface area is 144 Å². The summed E-state index contributed by atoms with van der Waals surface area (Å²) in [5, 5.41) is 0. The summed E-state index contributed by atoms with van der Waals surface area (Å²) >= 11 is 0. The molecule has 23 heavy (non-hydrogen) atoms. The van der Waals surface area contributed by atoms with Crippen LogP contribution in [0.2, 0.25) is 0 Å². The Morgan fingerprint density at radius 1 is 0.565 bits per heavy atom. The van der Waals surface area contributed by atoms with Crippen molar-refractivity contribution in [3.05, 3.63) is 0 Å². The Kier molecular flexibility index (Phi) is 17.2. The second-order valence-electron chi connectivity index (χ2n) is 7.12. The molecule has 0 radical (unpaired) electrons. The maximum absolute atomic E-state index is 11.4. The number of unbranched alkanes of at least 4 members (excludes halogenated alkanes) is 14. The molecule has 2 heteroatoms. The van der Waals surface area contributed by atoms with Gasteiger partial charge in [0.1, 0.15) is 11.6 Å². The van der Waals surface area contributed by atoms with E-state index >= 15 is 0 Å². The molecule has 0 heterocycles. The van der Waals surface area contributed by atoms with Crippen LogP contribution in [-0.2, 0) is 9.59 Å². The summed E-state index contributed by atoms with van der Waals surface area (Å²) in [5.74, 6) is 0.114. The molecule has 0 saturated carbocycles. The van der Waals surface area contributed by atoms with Gasteiger partial charge >= 0.3 is 0 Å². The fraction of sp³-hybridized carbons (Fsp3) is 0.905. The van der Waals surface area contributed by atoms with Gasteiger partial charge in [-0.1, -0.05) is 96.8 Å². The van der Waals surface area contributed by atoms with E-state index in [1.165, 1.54) is 90.4 Å². The van der Waals surface area contributed by atoms with E-state index in [1.54, 1.807) is 0 Å². The van der Waals surface area contributed by atoms with E-state index in [-0.39, 0.29) is 18.0 Å². The number of ketones is 2. The first-order chi connectivity index (χ1) is 11.2. The zero-order valence-electron chi connectivity index (χ0n) is 15.8. The maximum atomic E-state index is 11.4. The molecule has 0 bridgehead atoms. The van der Waals surface area contributed by atoms with Gasteiger partial charge in [-0.2, -0.15) is 0 Å². The van der Waals surface area contributed by atoms with E-state index in [2.05, 4.69) is 6.92 Å². The topological polar surface area (TPSA) is 34.1 Å². The molecule has 0 saturated heterocycles. The van der Waals surface area contributed by atoms with Crippen molar-refractivity contribution in [1.29, 1.82) is 0 Å². The molecule has 2 nitrogen and oxygen atoms in total. The van der Waals surface area contributed by atoms with Gasteiger partial charge < -0.3 is 0 Å². The largest absolute Gasteiger partial charge is 0.300 e. The lowest BCUT2D eigenvalue weighted by Crippen LogP contribution is -2.03. The molecule has 0 unspecified atom stereocenters. The van der Waals surface area contributed by atoms with Crippen molar-refractivity contribution in [2.24, 2.45) is 0 Å². The standard InChI is InChI=1S/C21H40O2/c1-3-4-5-6-7-8-9-10-11-12-13-14-15-16-17-18-21(23)19-20(2)22/h3-19H2,1-2H3. The molecular weight excluding hydrogens is 284 g/mol. The fourth-order valence-electron chi connectivity index (χ4n) is 3.06. The van der Waals surface area contributed by atoms with Crippen molar-refractivity contribution < 1.29 is 9.59 Å². The van der Waals surface area contributed by atoms with E-state index < -0.39 is 0 Å². The Hall–Kier alpha value is -0.660. The first kappa shape index (κ1) is 22.3. The summed E-state index contributed by atoms with van der Waals surface area (Å²) < 4.78 is 0. The Balaban J connectivity index is 3.08. The quantitative estimate of drug-likeness (QED) is 0.205. The Bertz CT molecular complexity index is 284. The first-order valence-corrected chi connectivity index (χ1v) is 10.2. The zero-order valence-corrected chi connectivity index (χ0v) is 15.8. The smallest absolute Gasteiger partial charge is 0.140 e. The molecule has 136 valence electrons. The maximum Gasteiger partial charge on any atom is 0.140 e. The van der Waals surface area contributed by atoms with Crippen molar-refractivity contribution in [2.45, 2.75) is 123 Å². The van der Waals surface area contributed by atoms with Crippen LogP contribution < -0.4 is 0 Å². The van der Waals surface area contributed by atoms with E-state index in [9.17, 15) is 9.59 Å². The molecule has 0 spiro atoms. The lowest BCUT2D eigenvalue weighted by atomic mass is 10.0. The highest BCUT2D eigenvalue weighted by Crippen LogP contribution is 2.13. The zero-order chi connectivity index (χ0) is 17.2. The van der Waals surface area contributed by atoms with Crippen molar-refractivity contribution >= 4 is 11.6 Å². The number of hydrogen-bond donors (Lipinski definition) is 0. The van der Waals surface area contributed by atoms with Gasteiger partial charge in [-0.05, 0) is 13.3 Å². The lowest BCUT2D eigenvalue weighted by Gasteiger charge is -2.03. The lowest BCUT2D eigenvalue weighted by molar-refractivity contribution is -0.125. The predicted octanol–water partition coefficient (Wildman–Crippen LogP) is 6.80. The SMILES string of the molecule is CCCCCCCCCCCCCCCCCC(=O)CC(C)=O. The number of Topliss-reactive ketones (excluding diaryl/α,β-unsaturated/α-hetero) is 2. The molecule has 0 fully saturated rings. The van der Waals surface area contributed by atoms with E-state index in [1.807, 2.05) is 0 Å². The summed E-state index contributed by atoms with van der Waals surface area (Å²) in [6.07, 6.45) is 20.8. The van der Waals surface area contributed by atoms with Crippen LogP contribution in [0.3, 0.4) is 0 Å². The van der Waals surface area contributed by atoms with Gasteiger partial charge in [0.25, 0.3) is 0 Å². The van der Waals surface area contributed by atoms with Crippen LogP contribution in [0.15, 0.2) is 0 Å². The minimum atomic E-state index is -0.00374. The van der Waals surface area contributed by atoms with Crippen LogP contribution in [0.4, 0.5) is 0 Å². The van der Waals surface area contributed by atoms with Gasteiger partial charge in [-0.15, -0.1) is 0 Å². The third-order valence-corrected chi connectivity index (χ3v) is 4.51. The molecule has 0 aliphatic rings. The van der Waals surface area contributed by atoms with Gasteiger partial charge in [-0.25, -0.2) is 0 Å². The molecule has 0 aromatic rings. The molecule has 0 N–H and O–H groups in total. The van der Waals surface area contributed by atoms with Crippen molar-refractivity contribution in [3.8, 4) is 0 Å². The van der Waals surface area contributed by atoms with E-state index in [0.29, 0.717) is 6.42 Å². The molecule has 0 atom stereocenters. The summed E-state index contributed by atoms with van der Waals surface area (Å²) in [7, 11) is 0. The number of hydrogen-bond acceptors (Lipinski definition) is 2. The first-order valence-electron chi connectivity index (χ1n) is 10.2. The monoisotopic (exact) mass is 324 g/mol. The minimum absolute atomic E-state index is 0.00374. The Morgan fingerprint density at radius 2 is 0.913 bits per heavy atom. The van der Waals surface area contributed by atoms with Crippen molar-refractivity contribution in [2.75, 3.05) is 0 Å². The second kappa shape index (κ2) is 17.7. The van der Waals surface area contributed by atoms with Crippen LogP contribution in [-0.4, -0.2) is 11.6 Å². The van der Waals surface area contributed by atoms with Gasteiger partial charge in [0.15, 0.2) is 0 Å². The molecule has 0 aliphatic carbocycles. The van der Waals surface area contributed by atoms with Crippen LogP contribution in [0.1, 0.15) is 123 Å². The third-order valence-electron chi connectivity index (χ3n) is 4.51. The second-order valence-corrected chi connectivity index (χ2v) is 7.12. The van der Waals surface area contributed by atoms with Gasteiger partial charge in [0.05, 0.1) is 6.42 Å². The molecular formula is C21H40O2. The third kappa shape index (κ3) is 19.3. The van der Waals surface area contributed by atoms with Crippen LogP contribution in [0.5, 0.6) is 0 Å². The number of carbonyl (C=O) groups excluding carboxylic acids is 2. The van der Waals surface area contributed by atoms with Gasteiger partial charge in [-0.3, -0.25) is 9.59 Å². The molecule has 0 aromatic heterocycles. The predicted molar refractivity (Wildman–Crippen MR) is 99.9 cm³/mol. The number of rotatable bonds is 18. The van der Waals surface area contributed by atoms with Crippen molar-refractivity contribution in [3.63, 3.8) is 0 Å². The van der Waals surface area contributed by atoms with E-state index in [4.69, 9.17) is 0 Å². The average molecular weight is 325 g/mol. The van der Waals surface area contributed by atoms with E-state index in [0.717, 1.165) is 12.8 Å². The Morgan fingerprint density at radius 3 is 1.26 bits per heavy atom. The molecule has 0 aromatic carbocycles. The highest BCUT2D eigenvalue weighted by atomic mass is 16.1. The molecule has 0 amide bonds. The van der Waals surface area contributed by atoms with Gasteiger partial charge in [0.2, 0.25) is 0 Å². The summed E-state index contributed by atoms with van der Waals surface area (Å²) in [6.45, 7) is 3.76. The van der Waals surface area contributed by atoms with Crippen LogP contribution in [0.25, 0.3) is 0 Å². The van der Waals surface area contributed by atoms with Crippen LogP contribution >= 0.6 is 0 Å². The average Bonchev–Trinajstić information content (AvgIpc) is 2.50. The normalized spacial score (nSPS) is 10.9. The van der Waals surface area contributed by atoms with Gasteiger partial charge in [0, 0.05) is 6.42 Å². The van der Waals surface area contributed by atoms with Crippen molar-refractivity contribution in [1.82, 2.24) is 0 Å². The minimum Gasteiger partial charge on any atom is -0.300 e. The number of carbonyl (C=O) groups is 2. The molecule has 0 aliphatic heterocycles. The highest BCUT2D eigenvalue weighted by molar-refractivity contribution is 5.97. The molecule has 0 rings (SSSR count). The summed E-state index contributed by atoms with van der Waals surface area (Å²) in [5.41, 5.74) is 0.